The molecular formula is C15H13F3O4. The van der Waals surface area contributed by atoms with Crippen LogP contribution in [0, 0.1) is 0 Å². The summed E-state index contributed by atoms with van der Waals surface area (Å²) in [7, 11) is 0.789. The topological polar surface area (TPSA) is 52.6 Å². The highest BCUT2D eigenvalue weighted by atomic mass is 19.4. The lowest BCUT2D eigenvalue weighted by Crippen LogP contribution is -2.52. The van der Waals surface area contributed by atoms with Crippen molar-refractivity contribution in [2.45, 2.75) is 24.3 Å². The van der Waals surface area contributed by atoms with E-state index in [0.717, 1.165) is 19.2 Å². The Labute approximate surface area is 124 Å². The van der Waals surface area contributed by atoms with Crippen LogP contribution in [0.25, 0.3) is 0 Å². The van der Waals surface area contributed by atoms with E-state index < -0.39 is 23.9 Å². The number of alkyl halides is 3. The van der Waals surface area contributed by atoms with Crippen LogP contribution < -0.4 is 0 Å². The molecule has 0 bridgehead atoms. The van der Waals surface area contributed by atoms with Crippen LogP contribution in [0.2, 0.25) is 0 Å². The van der Waals surface area contributed by atoms with Crippen molar-refractivity contribution >= 4 is 11.8 Å². The largest absolute Gasteiger partial charge is 0.455 e. The number of methoxy groups -OCH3 is 1. The maximum absolute atomic E-state index is 13.6. The minimum absolute atomic E-state index is 0.168. The maximum Gasteiger partial charge on any atom is 0.432 e. The molecule has 4 nitrogen and oxygen atoms in total. The highest BCUT2D eigenvalue weighted by Crippen LogP contribution is 2.43. The second kappa shape index (κ2) is 5.92. The quantitative estimate of drug-likeness (QED) is 0.802. The van der Waals surface area contributed by atoms with Crippen molar-refractivity contribution in [2.75, 3.05) is 7.11 Å². The van der Waals surface area contributed by atoms with Gasteiger partial charge in [0.2, 0.25) is 0 Å². The molecule has 0 aromatic heterocycles. The number of hydrogen-bond donors (Lipinski definition) is 0. The summed E-state index contributed by atoms with van der Waals surface area (Å²) in [4.78, 5) is 23.3. The summed E-state index contributed by atoms with van der Waals surface area (Å²) < 4.78 is 50.1. The van der Waals surface area contributed by atoms with Crippen molar-refractivity contribution in [2.24, 2.45) is 0 Å². The molecule has 22 heavy (non-hydrogen) atoms. The summed E-state index contributed by atoms with van der Waals surface area (Å²) in [5, 5.41) is 0. The first-order valence-corrected chi connectivity index (χ1v) is 6.41. The second-order valence-electron chi connectivity index (χ2n) is 4.72. The van der Waals surface area contributed by atoms with Gasteiger partial charge in [0.1, 0.15) is 6.10 Å². The molecular weight excluding hydrogens is 301 g/mol. The molecule has 1 aromatic rings. The van der Waals surface area contributed by atoms with Gasteiger partial charge in [0, 0.05) is 12.7 Å². The molecule has 2 rings (SSSR count). The van der Waals surface area contributed by atoms with Crippen molar-refractivity contribution in [3.05, 3.63) is 48.0 Å². The van der Waals surface area contributed by atoms with Crippen LogP contribution in [0.5, 0.6) is 0 Å². The Hall–Kier alpha value is -2.15. The van der Waals surface area contributed by atoms with Crippen molar-refractivity contribution < 1.29 is 32.2 Å². The van der Waals surface area contributed by atoms with Crippen LogP contribution in [0.4, 0.5) is 13.2 Å². The summed E-state index contributed by atoms with van der Waals surface area (Å²) in [6, 6.07) is 6.51. The summed E-state index contributed by atoms with van der Waals surface area (Å²) in [5.74, 6) is -1.91. The van der Waals surface area contributed by atoms with E-state index in [0.29, 0.717) is 0 Å². The Morgan fingerprint density at radius 2 is 1.86 bits per heavy atom. The predicted octanol–water partition coefficient (Wildman–Crippen LogP) is 2.53. The van der Waals surface area contributed by atoms with Crippen molar-refractivity contribution in [3.8, 4) is 0 Å². The first-order valence-electron chi connectivity index (χ1n) is 6.41. The lowest BCUT2D eigenvalue weighted by molar-refractivity contribution is -0.277. The van der Waals surface area contributed by atoms with Crippen LogP contribution in [-0.2, 0) is 24.7 Å². The van der Waals surface area contributed by atoms with Crippen LogP contribution in [0.1, 0.15) is 12.0 Å². The van der Waals surface area contributed by atoms with Crippen LogP contribution in [-0.4, -0.2) is 31.1 Å². The summed E-state index contributed by atoms with van der Waals surface area (Å²) in [6.45, 7) is 0. The predicted molar refractivity (Wildman–Crippen MR) is 69.8 cm³/mol. The van der Waals surface area contributed by atoms with Gasteiger partial charge in [-0.3, -0.25) is 4.79 Å². The monoisotopic (exact) mass is 314 g/mol. The standard InChI is InChI=1S/C15H13F3O4/c1-21-14(15(16,17)18,10-5-3-2-4-6-10)13(20)22-12-8-7-11(19)9-12/h2-8,12H,9H2,1H3/t12-,14-/m1/s1. The Morgan fingerprint density at radius 3 is 2.32 bits per heavy atom. The fourth-order valence-electron chi connectivity index (χ4n) is 2.24. The average Bonchev–Trinajstić information content (AvgIpc) is 2.85. The zero-order valence-corrected chi connectivity index (χ0v) is 11.6. The molecule has 0 radical (unpaired) electrons. The molecule has 1 aliphatic carbocycles. The van der Waals surface area contributed by atoms with Gasteiger partial charge in [0.25, 0.3) is 5.60 Å². The number of benzene rings is 1. The highest BCUT2D eigenvalue weighted by Gasteiger charge is 2.64. The van der Waals surface area contributed by atoms with E-state index in [-0.39, 0.29) is 17.8 Å². The summed E-state index contributed by atoms with van der Waals surface area (Å²) >= 11 is 0. The fourth-order valence-corrected chi connectivity index (χ4v) is 2.24. The van der Waals surface area contributed by atoms with E-state index in [9.17, 15) is 22.8 Å². The number of ketones is 1. The smallest absolute Gasteiger partial charge is 0.432 e. The SMILES string of the molecule is CO[C@@](C(=O)O[C@@H]1C=CC(=O)C1)(c1ccccc1)C(F)(F)F. The summed E-state index contributed by atoms with van der Waals surface area (Å²) in [5.41, 5.74) is -3.61. The molecule has 0 saturated carbocycles. The van der Waals surface area contributed by atoms with Gasteiger partial charge in [-0.1, -0.05) is 30.3 Å². The van der Waals surface area contributed by atoms with E-state index in [1.165, 1.54) is 30.4 Å². The molecule has 0 heterocycles. The van der Waals surface area contributed by atoms with Gasteiger partial charge in [-0.15, -0.1) is 0 Å². The third kappa shape index (κ3) is 2.76. The van der Waals surface area contributed by atoms with E-state index in [2.05, 4.69) is 4.74 Å². The number of hydrogen-bond acceptors (Lipinski definition) is 4. The number of carbonyl (C=O) groups is 2. The molecule has 0 unspecified atom stereocenters. The molecule has 0 spiro atoms. The zero-order valence-electron chi connectivity index (χ0n) is 11.6. The van der Waals surface area contributed by atoms with Gasteiger partial charge < -0.3 is 9.47 Å². The molecule has 0 fully saturated rings. The van der Waals surface area contributed by atoms with E-state index in [1.807, 2.05) is 0 Å². The molecule has 7 heteroatoms. The number of halogens is 3. The third-order valence-corrected chi connectivity index (χ3v) is 3.33. The molecule has 0 saturated heterocycles. The Kier molecular flexibility index (Phi) is 4.37. The van der Waals surface area contributed by atoms with Crippen molar-refractivity contribution in [1.82, 2.24) is 0 Å². The Morgan fingerprint density at radius 1 is 1.23 bits per heavy atom. The van der Waals surface area contributed by atoms with Crippen molar-refractivity contribution in [3.63, 3.8) is 0 Å². The van der Waals surface area contributed by atoms with E-state index in [1.54, 1.807) is 0 Å². The number of rotatable bonds is 4. The Balaban J connectivity index is 2.38. The second-order valence-corrected chi connectivity index (χ2v) is 4.72. The molecule has 1 aliphatic rings. The maximum atomic E-state index is 13.6. The highest BCUT2D eigenvalue weighted by molar-refractivity contribution is 5.93. The average molecular weight is 314 g/mol. The van der Waals surface area contributed by atoms with Gasteiger partial charge in [0.05, 0.1) is 6.42 Å². The van der Waals surface area contributed by atoms with Gasteiger partial charge in [-0.05, 0) is 12.2 Å². The third-order valence-electron chi connectivity index (χ3n) is 3.33. The van der Waals surface area contributed by atoms with Crippen LogP contribution in [0.15, 0.2) is 42.5 Å². The first kappa shape index (κ1) is 16.2. The van der Waals surface area contributed by atoms with Gasteiger partial charge in [0.15, 0.2) is 5.78 Å². The fraction of sp³-hybridized carbons (Fsp3) is 0.333. The van der Waals surface area contributed by atoms with Crippen molar-refractivity contribution in [1.29, 1.82) is 0 Å². The number of esters is 1. The lowest BCUT2D eigenvalue weighted by atomic mass is 9.92. The minimum Gasteiger partial charge on any atom is -0.455 e. The number of carbonyl (C=O) groups excluding carboxylic acids is 2. The van der Waals surface area contributed by atoms with Gasteiger partial charge in [-0.2, -0.15) is 13.2 Å². The number of allylic oxidation sites excluding steroid dienone is 1. The zero-order chi connectivity index (χ0) is 16.4. The molecule has 0 N–H and O–H groups in total. The lowest BCUT2D eigenvalue weighted by Gasteiger charge is -2.33. The molecule has 118 valence electrons. The first-order chi connectivity index (χ1) is 10.3. The molecule has 2 atom stereocenters. The normalized spacial score (nSPS) is 20.7. The summed E-state index contributed by atoms with van der Waals surface area (Å²) in [6.07, 6.45) is -3.78. The van der Waals surface area contributed by atoms with Gasteiger partial charge in [-0.25, -0.2) is 4.79 Å². The molecule has 0 aliphatic heterocycles. The van der Waals surface area contributed by atoms with E-state index in [4.69, 9.17) is 4.74 Å². The van der Waals surface area contributed by atoms with Crippen LogP contribution in [0.3, 0.4) is 0 Å². The van der Waals surface area contributed by atoms with Crippen LogP contribution >= 0.6 is 0 Å². The molecule has 0 amide bonds. The van der Waals surface area contributed by atoms with Gasteiger partial charge >= 0.3 is 12.1 Å². The number of ether oxygens (including phenoxy) is 2. The minimum atomic E-state index is -5.02. The molecule has 1 aromatic carbocycles. The Bertz CT molecular complexity index is 595. The van der Waals surface area contributed by atoms with E-state index >= 15 is 0 Å².